The molecule has 0 aliphatic rings. The van der Waals surface area contributed by atoms with E-state index in [4.69, 9.17) is 19.1 Å². The summed E-state index contributed by atoms with van der Waals surface area (Å²) in [5, 5.41) is 2.79. The van der Waals surface area contributed by atoms with Gasteiger partial charge in [0, 0.05) is 0 Å². The van der Waals surface area contributed by atoms with Gasteiger partial charge in [-0.1, -0.05) is 94.0 Å². The molecule has 7 heteroatoms. The van der Waals surface area contributed by atoms with Crippen LogP contribution in [-0.4, -0.2) is 9.97 Å². The Morgan fingerprint density at radius 2 is 1.00 bits per heavy atom. The number of hydrogen-bond donors (Lipinski definition) is 0. The van der Waals surface area contributed by atoms with Gasteiger partial charge in [-0.3, -0.25) is 0 Å². The fourth-order valence-corrected chi connectivity index (χ4v) is 2.82. The maximum atomic E-state index is 4.81. The number of aromatic nitrogens is 2. The average Bonchev–Trinajstić information content (AvgIpc) is 2.79. The normalized spacial score (nSPS) is 8.48. The van der Waals surface area contributed by atoms with Crippen LogP contribution < -0.4 is 10.6 Å². The first kappa shape index (κ1) is 27.9. The Morgan fingerprint density at radius 3 is 1.21 bits per heavy atom. The van der Waals surface area contributed by atoms with Crippen LogP contribution in [0.4, 0.5) is 0 Å². The van der Waals surface area contributed by atoms with Gasteiger partial charge in [-0.25, -0.2) is 0 Å². The molecule has 4 aromatic rings. The van der Waals surface area contributed by atoms with Crippen LogP contribution in [0.2, 0.25) is 0 Å². The van der Waals surface area contributed by atoms with E-state index in [1.807, 2.05) is 24.3 Å². The Labute approximate surface area is 201 Å². The van der Waals surface area contributed by atoms with Gasteiger partial charge in [0.2, 0.25) is 0 Å². The Bertz CT molecular complexity index is 679. The van der Waals surface area contributed by atoms with E-state index in [-0.39, 0.29) is 33.0 Å². The molecular weight excluding hydrogens is 556 g/mol. The van der Waals surface area contributed by atoms with E-state index >= 15 is 0 Å². The molecule has 0 aliphatic carbocycles. The Balaban J connectivity index is 0.000000413. The first-order valence-corrected chi connectivity index (χ1v) is 13.1. The van der Waals surface area contributed by atoms with Gasteiger partial charge in [0.05, 0.1) is 0 Å². The van der Waals surface area contributed by atoms with Crippen LogP contribution in [0.5, 0.6) is 0 Å². The Hall–Kier alpha value is -1.07. The summed E-state index contributed by atoms with van der Waals surface area (Å²) >= 11 is -0.106. The van der Waals surface area contributed by atoms with Gasteiger partial charge in [-0.15, -0.1) is 0 Å². The smallest absolute Gasteiger partial charge is 0.394 e. The Morgan fingerprint density at radius 1 is 0.621 bits per heavy atom. The summed E-state index contributed by atoms with van der Waals surface area (Å²) in [6, 6.07) is 32.2. The van der Waals surface area contributed by atoms with Crippen molar-refractivity contribution in [2.75, 3.05) is 0 Å². The summed E-state index contributed by atoms with van der Waals surface area (Å²) in [5.41, 5.74) is 0. The van der Waals surface area contributed by atoms with Crippen molar-refractivity contribution in [1.29, 1.82) is 0 Å². The molecule has 0 aliphatic heterocycles. The molecule has 2 aromatic heterocycles. The molecule has 0 unspecified atom stereocenters. The van der Waals surface area contributed by atoms with E-state index in [9.17, 15) is 0 Å². The van der Waals surface area contributed by atoms with Gasteiger partial charge in [0.15, 0.2) is 0 Å². The minimum atomic E-state index is -0.106. The molecule has 2 aromatic carbocycles. The summed E-state index contributed by atoms with van der Waals surface area (Å²) in [4.78, 5) is 7.32. The number of pyridine rings is 2. The van der Waals surface area contributed by atoms with Crippen molar-refractivity contribution in [2.45, 2.75) is 0 Å². The third kappa shape index (κ3) is 17.5. The van der Waals surface area contributed by atoms with E-state index in [2.05, 4.69) is 83.0 Å². The average molecular weight is 576 g/mol. The van der Waals surface area contributed by atoms with Crippen LogP contribution in [-0.2, 0) is 33.0 Å². The first-order chi connectivity index (χ1) is 13.9. The summed E-state index contributed by atoms with van der Waals surface area (Å²) < 4.78 is 0. The minimum Gasteiger partial charge on any atom is -0.394 e. The number of halogens is 2. The summed E-state index contributed by atoms with van der Waals surface area (Å²) in [6.07, 6.45) is 8.67. The van der Waals surface area contributed by atoms with Crippen LogP contribution in [0.3, 0.4) is 0 Å². The number of benzene rings is 2. The van der Waals surface area contributed by atoms with Crippen LogP contribution in [0.15, 0.2) is 109 Å². The monoisotopic (exact) mass is 574 g/mol. The molecule has 0 atom stereocenters. The quantitative estimate of drug-likeness (QED) is 0.181. The number of hydrogen-bond acceptors (Lipinski definition) is 2. The van der Waals surface area contributed by atoms with Crippen molar-refractivity contribution in [3.05, 3.63) is 122 Å². The third-order valence-corrected chi connectivity index (χ3v) is 4.11. The summed E-state index contributed by atoms with van der Waals surface area (Å²) in [7, 11) is 10.4. The van der Waals surface area contributed by atoms with Gasteiger partial charge in [0.1, 0.15) is 0 Å². The van der Waals surface area contributed by atoms with Crippen LogP contribution in [0.1, 0.15) is 0 Å². The van der Waals surface area contributed by atoms with Crippen molar-refractivity contribution in [3.63, 3.8) is 0 Å². The molecule has 2 nitrogen and oxygen atoms in total. The second kappa shape index (κ2) is 21.6. The standard InChI is InChI=1S/C12H11P.2C5H4N.2ClH.Fe.Pd/c1-3-7-11(8-4-1)13-12-9-5-2-6-10-12;2*1-2-4-6-5-3-1;;;;/h1-10,13H;2*1-4H;2*1H;;/q;2*-1;;;2*+2/p-2. The van der Waals surface area contributed by atoms with E-state index in [0.717, 1.165) is 8.58 Å². The molecule has 0 saturated carbocycles. The summed E-state index contributed by atoms with van der Waals surface area (Å²) in [5.74, 6) is 0. The largest absolute Gasteiger partial charge is 2.00 e. The molecule has 29 heavy (non-hydrogen) atoms. The number of rotatable bonds is 2. The maximum Gasteiger partial charge on any atom is 2.00 e. The zero-order valence-corrected chi connectivity index (χ0v) is 20.4. The summed E-state index contributed by atoms with van der Waals surface area (Å²) in [6.45, 7) is 0. The van der Waals surface area contributed by atoms with Gasteiger partial charge < -0.3 is 9.97 Å². The molecule has 0 bridgehead atoms. The van der Waals surface area contributed by atoms with E-state index in [1.165, 1.54) is 10.6 Å². The fraction of sp³-hybridized carbons (Fsp3) is 0. The molecule has 0 saturated heterocycles. The van der Waals surface area contributed by atoms with Crippen LogP contribution >= 0.6 is 27.6 Å². The van der Waals surface area contributed by atoms with Crippen LogP contribution in [0.25, 0.3) is 0 Å². The first-order valence-electron chi connectivity index (χ1n) is 8.10. The molecule has 0 spiro atoms. The van der Waals surface area contributed by atoms with Crippen LogP contribution in [0, 0.1) is 12.4 Å². The number of nitrogens with zero attached hydrogens (tertiary/aromatic N) is 2. The van der Waals surface area contributed by atoms with Gasteiger partial charge in [-0.2, -0.15) is 36.4 Å². The van der Waals surface area contributed by atoms with E-state index in [1.54, 1.807) is 24.5 Å². The molecule has 154 valence electrons. The third-order valence-electron chi connectivity index (χ3n) is 2.87. The Kier molecular flexibility index (Phi) is 20.8. The van der Waals surface area contributed by atoms with Gasteiger partial charge in [0.25, 0.3) is 0 Å². The topological polar surface area (TPSA) is 25.8 Å². The zero-order chi connectivity index (χ0) is 20.1. The molecule has 0 radical (unpaired) electrons. The SMILES string of the molecule is [Cl][Pd][Cl].[Fe+2].[c-]1ccccn1.[c-]1ccccn1.c1ccc(Pc2ccccc2)cc1. The fourth-order valence-electron chi connectivity index (χ4n) is 1.76. The van der Waals surface area contributed by atoms with Crippen molar-refractivity contribution in [3.8, 4) is 0 Å². The van der Waals surface area contributed by atoms with Crippen molar-refractivity contribution >= 4 is 38.2 Å². The van der Waals surface area contributed by atoms with Gasteiger partial charge in [-0.05, 0) is 10.6 Å². The minimum absolute atomic E-state index is 0. The molecule has 2 heterocycles. The van der Waals surface area contributed by atoms with Crippen molar-refractivity contribution in [1.82, 2.24) is 9.97 Å². The zero-order valence-electron chi connectivity index (χ0n) is 15.2. The van der Waals surface area contributed by atoms with Gasteiger partial charge >= 0.3 is 52.1 Å². The molecule has 0 amide bonds. The second-order valence-electron chi connectivity index (χ2n) is 4.82. The molecule has 4 rings (SSSR count). The van der Waals surface area contributed by atoms with E-state index < -0.39 is 0 Å². The van der Waals surface area contributed by atoms with Crippen molar-refractivity contribution < 1.29 is 33.0 Å². The predicted octanol–water partition coefficient (Wildman–Crippen LogP) is 5.45. The van der Waals surface area contributed by atoms with E-state index in [0.29, 0.717) is 0 Å². The molecule has 0 fully saturated rings. The molecule has 0 N–H and O–H groups in total. The van der Waals surface area contributed by atoms with Crippen molar-refractivity contribution in [2.24, 2.45) is 0 Å². The molecular formula is C22H19Cl2FeN2PPd. The predicted molar refractivity (Wildman–Crippen MR) is 118 cm³/mol. The maximum absolute atomic E-state index is 4.81. The second-order valence-corrected chi connectivity index (χ2v) is 8.58.